The lowest BCUT2D eigenvalue weighted by Crippen LogP contribution is -2.05. The summed E-state index contributed by atoms with van der Waals surface area (Å²) in [6.07, 6.45) is 0.588. The lowest BCUT2D eigenvalue weighted by atomic mass is 10.1. The van der Waals surface area contributed by atoms with Gasteiger partial charge in [-0.25, -0.2) is 8.42 Å². The second kappa shape index (κ2) is 3.23. The lowest BCUT2D eigenvalue weighted by molar-refractivity contribution is 0.419. The number of rotatable bonds is 2. The van der Waals surface area contributed by atoms with Crippen LogP contribution in [0.25, 0.3) is 0 Å². The van der Waals surface area contributed by atoms with Crippen molar-refractivity contribution in [1.82, 2.24) is 10.1 Å². The lowest BCUT2D eigenvalue weighted by Gasteiger charge is -1.97. The maximum Gasteiger partial charge on any atom is 0.321 e. The summed E-state index contributed by atoms with van der Waals surface area (Å²) in [6.45, 7) is 0. The Labute approximate surface area is 81.6 Å². The van der Waals surface area contributed by atoms with Gasteiger partial charge in [0.25, 0.3) is 0 Å². The second-order valence-electron chi connectivity index (χ2n) is 3.31. The molecule has 78 valence electrons. The first-order valence-corrected chi connectivity index (χ1v) is 6.14. The van der Waals surface area contributed by atoms with E-state index in [2.05, 4.69) is 15.5 Å². The summed E-state index contributed by atoms with van der Waals surface area (Å²) < 4.78 is 27.2. The largest absolute Gasteiger partial charge is 0.341 e. The topological polar surface area (TPSA) is 85.1 Å². The van der Waals surface area contributed by atoms with E-state index in [1.54, 1.807) is 7.05 Å². The van der Waals surface area contributed by atoms with Gasteiger partial charge in [0.05, 0.1) is 11.5 Å². The first-order chi connectivity index (χ1) is 6.61. The first kappa shape index (κ1) is 9.45. The number of aromatic nitrogens is 2. The predicted octanol–water partition coefficient (Wildman–Crippen LogP) is 0.0134. The maximum absolute atomic E-state index is 11.2. The summed E-state index contributed by atoms with van der Waals surface area (Å²) >= 11 is 0. The highest BCUT2D eigenvalue weighted by atomic mass is 32.2. The molecule has 0 aliphatic carbocycles. The van der Waals surface area contributed by atoms with Crippen molar-refractivity contribution >= 4 is 15.9 Å². The Morgan fingerprint density at radius 3 is 2.86 bits per heavy atom. The van der Waals surface area contributed by atoms with Crippen LogP contribution in [0.15, 0.2) is 4.52 Å². The minimum absolute atomic E-state index is 0.106. The first-order valence-electron chi connectivity index (χ1n) is 4.32. The van der Waals surface area contributed by atoms with Crippen molar-refractivity contribution in [3.63, 3.8) is 0 Å². The number of hydrogen-bond donors (Lipinski definition) is 1. The molecule has 1 aliphatic heterocycles. The molecule has 7 heteroatoms. The molecule has 0 bridgehead atoms. The highest BCUT2D eigenvalue weighted by Gasteiger charge is 2.32. The van der Waals surface area contributed by atoms with E-state index in [0.717, 1.165) is 0 Å². The molecule has 1 saturated heterocycles. The molecule has 1 N–H and O–H groups in total. The maximum atomic E-state index is 11.2. The molecule has 2 heterocycles. The molecule has 0 spiro atoms. The second-order valence-corrected chi connectivity index (χ2v) is 5.54. The van der Waals surface area contributed by atoms with Crippen LogP contribution in [0.1, 0.15) is 18.2 Å². The van der Waals surface area contributed by atoms with Gasteiger partial charge in [-0.15, -0.1) is 0 Å². The predicted molar refractivity (Wildman–Crippen MR) is 49.9 cm³/mol. The number of hydrogen-bond acceptors (Lipinski definition) is 6. The zero-order chi connectivity index (χ0) is 10.2. The molecule has 1 aromatic rings. The van der Waals surface area contributed by atoms with Crippen LogP contribution >= 0.6 is 0 Å². The third-order valence-electron chi connectivity index (χ3n) is 2.25. The van der Waals surface area contributed by atoms with Crippen molar-refractivity contribution in [2.24, 2.45) is 0 Å². The van der Waals surface area contributed by atoms with Gasteiger partial charge in [0, 0.05) is 13.0 Å². The summed E-state index contributed by atoms with van der Waals surface area (Å²) in [5.41, 5.74) is 0. The molecule has 2 rings (SSSR count). The molecule has 0 aromatic carbocycles. The highest BCUT2D eigenvalue weighted by molar-refractivity contribution is 7.91. The molecule has 1 aliphatic rings. The third-order valence-corrected chi connectivity index (χ3v) is 4.02. The van der Waals surface area contributed by atoms with Crippen LogP contribution in [-0.2, 0) is 9.84 Å². The van der Waals surface area contributed by atoms with Gasteiger partial charge in [0.15, 0.2) is 15.7 Å². The van der Waals surface area contributed by atoms with Gasteiger partial charge in [-0.3, -0.25) is 0 Å². The van der Waals surface area contributed by atoms with Crippen LogP contribution in [0.2, 0.25) is 0 Å². The Bertz CT molecular complexity index is 425. The normalized spacial score (nSPS) is 25.1. The molecular weight excluding hydrogens is 206 g/mol. The van der Waals surface area contributed by atoms with Gasteiger partial charge in [0.2, 0.25) is 0 Å². The van der Waals surface area contributed by atoms with E-state index in [4.69, 9.17) is 4.52 Å². The quantitative estimate of drug-likeness (QED) is 0.751. The van der Waals surface area contributed by atoms with Crippen molar-refractivity contribution in [3.8, 4) is 0 Å². The van der Waals surface area contributed by atoms with Gasteiger partial charge in [0.1, 0.15) is 0 Å². The minimum Gasteiger partial charge on any atom is -0.341 e. The summed E-state index contributed by atoms with van der Waals surface area (Å²) in [4.78, 5) is 4.02. The van der Waals surface area contributed by atoms with Crippen LogP contribution in [0.4, 0.5) is 6.01 Å². The van der Waals surface area contributed by atoms with E-state index in [-0.39, 0.29) is 17.4 Å². The summed E-state index contributed by atoms with van der Waals surface area (Å²) in [7, 11) is -1.21. The average Bonchev–Trinajstić information content (AvgIpc) is 2.70. The average molecular weight is 217 g/mol. The molecule has 1 unspecified atom stereocenters. The van der Waals surface area contributed by atoms with Crippen LogP contribution in [0.5, 0.6) is 0 Å². The number of nitrogens with one attached hydrogen (secondary N) is 1. The van der Waals surface area contributed by atoms with Gasteiger partial charge in [-0.2, -0.15) is 4.98 Å². The molecule has 0 radical (unpaired) electrons. The van der Waals surface area contributed by atoms with Crippen LogP contribution in [0.3, 0.4) is 0 Å². The van der Waals surface area contributed by atoms with Crippen molar-refractivity contribution < 1.29 is 12.9 Å². The summed E-state index contributed by atoms with van der Waals surface area (Å²) in [6, 6.07) is 0.323. The standard InChI is InChI=1S/C7H11N3O3S/c1-8-7-9-6(10-13-7)5-2-3-14(11,12)4-5/h5H,2-4H2,1H3,(H,8,9,10). The van der Waals surface area contributed by atoms with Crippen LogP contribution in [0, 0.1) is 0 Å². The fraction of sp³-hybridized carbons (Fsp3) is 0.714. The van der Waals surface area contributed by atoms with E-state index in [0.29, 0.717) is 18.3 Å². The monoisotopic (exact) mass is 217 g/mol. The number of sulfone groups is 1. The molecular formula is C7H11N3O3S. The van der Waals surface area contributed by atoms with E-state index in [1.807, 2.05) is 0 Å². The van der Waals surface area contributed by atoms with E-state index >= 15 is 0 Å². The number of anilines is 1. The van der Waals surface area contributed by atoms with Crippen molar-refractivity contribution in [2.75, 3.05) is 23.9 Å². The Balaban J connectivity index is 2.17. The van der Waals surface area contributed by atoms with Crippen molar-refractivity contribution in [2.45, 2.75) is 12.3 Å². The fourth-order valence-corrected chi connectivity index (χ4v) is 3.24. The third kappa shape index (κ3) is 1.72. The minimum atomic E-state index is -2.88. The summed E-state index contributed by atoms with van der Waals surface area (Å²) in [5, 5.41) is 6.42. The van der Waals surface area contributed by atoms with Gasteiger partial charge < -0.3 is 9.84 Å². The van der Waals surface area contributed by atoms with E-state index in [9.17, 15) is 8.42 Å². The Hall–Kier alpha value is -1.11. The van der Waals surface area contributed by atoms with Gasteiger partial charge in [-0.05, 0) is 6.42 Å². The van der Waals surface area contributed by atoms with Gasteiger partial charge in [-0.1, -0.05) is 5.16 Å². The highest BCUT2D eigenvalue weighted by Crippen LogP contribution is 2.27. The molecule has 6 nitrogen and oxygen atoms in total. The summed E-state index contributed by atoms with van der Waals surface area (Å²) in [5.74, 6) is 0.734. The Kier molecular flexibility index (Phi) is 2.18. The fourth-order valence-electron chi connectivity index (χ4n) is 1.50. The van der Waals surface area contributed by atoms with Crippen LogP contribution < -0.4 is 5.32 Å². The Morgan fingerprint density at radius 1 is 1.57 bits per heavy atom. The van der Waals surface area contributed by atoms with Crippen LogP contribution in [-0.4, -0.2) is 37.1 Å². The molecule has 14 heavy (non-hydrogen) atoms. The molecule has 1 atom stereocenters. The van der Waals surface area contributed by atoms with Crippen molar-refractivity contribution in [3.05, 3.63) is 5.82 Å². The SMILES string of the molecule is CNc1nc(C2CCS(=O)(=O)C2)no1. The Morgan fingerprint density at radius 2 is 2.36 bits per heavy atom. The molecule has 1 fully saturated rings. The smallest absolute Gasteiger partial charge is 0.321 e. The zero-order valence-corrected chi connectivity index (χ0v) is 8.54. The molecule has 1 aromatic heterocycles. The van der Waals surface area contributed by atoms with Crippen molar-refractivity contribution in [1.29, 1.82) is 0 Å². The molecule has 0 saturated carbocycles. The van der Waals surface area contributed by atoms with E-state index < -0.39 is 9.84 Å². The number of nitrogens with zero attached hydrogens (tertiary/aromatic N) is 2. The zero-order valence-electron chi connectivity index (χ0n) is 7.73. The van der Waals surface area contributed by atoms with E-state index in [1.165, 1.54) is 0 Å². The molecule has 0 amide bonds. The van der Waals surface area contributed by atoms with Gasteiger partial charge >= 0.3 is 6.01 Å².